The lowest BCUT2D eigenvalue weighted by Gasteiger charge is -2.27. The predicted molar refractivity (Wildman–Crippen MR) is 108 cm³/mol. The summed E-state index contributed by atoms with van der Waals surface area (Å²) in [7, 11) is 0. The standard InChI is InChI=1S/C19H21ClF3N5O3/c1-18(2,3)31-17(30)28-7-6-27(9-19(22,23)10-28)15-13(20)16(29)26-14(25-15)11-4-5-24-12(21)8-11/h4-5,8H,6-7,9-10H2,1-3H3,(H,25,26,29). The Hall–Kier alpha value is -2.82. The number of H-pyrrole nitrogens is 1. The average molecular weight is 460 g/mol. The Balaban J connectivity index is 1.93. The lowest BCUT2D eigenvalue weighted by atomic mass is 10.2. The molecule has 31 heavy (non-hydrogen) atoms. The van der Waals surface area contributed by atoms with E-state index in [-0.39, 0.29) is 35.3 Å². The van der Waals surface area contributed by atoms with Crippen molar-refractivity contribution in [1.29, 1.82) is 0 Å². The molecule has 12 heteroatoms. The molecule has 1 saturated heterocycles. The molecule has 0 atom stereocenters. The summed E-state index contributed by atoms with van der Waals surface area (Å²) >= 11 is 6.07. The third-order valence-corrected chi connectivity index (χ3v) is 4.62. The molecule has 3 heterocycles. The third kappa shape index (κ3) is 5.66. The summed E-state index contributed by atoms with van der Waals surface area (Å²) in [5.74, 6) is -4.37. The van der Waals surface area contributed by atoms with Crippen molar-refractivity contribution in [3.63, 3.8) is 0 Å². The van der Waals surface area contributed by atoms with Gasteiger partial charge in [-0.1, -0.05) is 11.6 Å². The van der Waals surface area contributed by atoms with Gasteiger partial charge in [0.1, 0.15) is 16.4 Å². The van der Waals surface area contributed by atoms with Crippen LogP contribution in [0.2, 0.25) is 5.02 Å². The smallest absolute Gasteiger partial charge is 0.410 e. The summed E-state index contributed by atoms with van der Waals surface area (Å²) in [5, 5.41) is -0.389. The molecule has 8 nitrogen and oxygen atoms in total. The molecule has 2 aromatic heterocycles. The minimum Gasteiger partial charge on any atom is -0.444 e. The van der Waals surface area contributed by atoms with E-state index in [2.05, 4.69) is 15.0 Å². The van der Waals surface area contributed by atoms with Gasteiger partial charge >= 0.3 is 6.09 Å². The van der Waals surface area contributed by atoms with Crippen molar-refractivity contribution in [2.75, 3.05) is 31.1 Å². The van der Waals surface area contributed by atoms with Gasteiger partial charge in [-0.2, -0.15) is 4.39 Å². The zero-order valence-electron chi connectivity index (χ0n) is 17.1. The normalized spacial score (nSPS) is 16.7. The maximum absolute atomic E-state index is 14.6. The molecule has 0 unspecified atom stereocenters. The number of carbonyl (C=O) groups excluding carboxylic acids is 1. The van der Waals surface area contributed by atoms with Gasteiger partial charge in [-0.25, -0.2) is 23.5 Å². The van der Waals surface area contributed by atoms with E-state index in [9.17, 15) is 22.8 Å². The number of carbonyl (C=O) groups is 1. The first-order valence-electron chi connectivity index (χ1n) is 9.37. The van der Waals surface area contributed by atoms with Crippen LogP contribution < -0.4 is 10.5 Å². The molecule has 0 aromatic carbocycles. The van der Waals surface area contributed by atoms with Crippen LogP contribution in [-0.4, -0.2) is 63.6 Å². The van der Waals surface area contributed by atoms with E-state index in [4.69, 9.17) is 16.3 Å². The molecule has 1 amide bonds. The van der Waals surface area contributed by atoms with E-state index in [0.717, 1.165) is 15.9 Å². The van der Waals surface area contributed by atoms with Crippen LogP contribution in [-0.2, 0) is 4.74 Å². The largest absolute Gasteiger partial charge is 0.444 e. The van der Waals surface area contributed by atoms with Crippen LogP contribution in [0.1, 0.15) is 20.8 Å². The van der Waals surface area contributed by atoms with Gasteiger partial charge in [-0.15, -0.1) is 0 Å². The number of ether oxygens (including phenoxy) is 1. The van der Waals surface area contributed by atoms with Crippen molar-refractivity contribution in [3.8, 4) is 11.4 Å². The number of aromatic amines is 1. The van der Waals surface area contributed by atoms with Gasteiger partial charge in [0.15, 0.2) is 5.82 Å². The number of rotatable bonds is 2. The Morgan fingerprint density at radius 2 is 2.00 bits per heavy atom. The van der Waals surface area contributed by atoms with Crippen molar-refractivity contribution >= 4 is 23.5 Å². The molecule has 1 fully saturated rings. The summed E-state index contributed by atoms with van der Waals surface area (Å²) in [6.45, 7) is 3.04. The van der Waals surface area contributed by atoms with Crippen LogP contribution in [0.4, 0.5) is 23.8 Å². The first-order chi connectivity index (χ1) is 14.3. The highest BCUT2D eigenvalue weighted by Crippen LogP contribution is 2.29. The molecule has 1 N–H and O–H groups in total. The van der Waals surface area contributed by atoms with Gasteiger partial charge in [0.05, 0.1) is 13.1 Å². The van der Waals surface area contributed by atoms with E-state index in [1.54, 1.807) is 20.8 Å². The second-order valence-electron chi connectivity index (χ2n) is 8.10. The molecule has 0 bridgehead atoms. The minimum atomic E-state index is -3.33. The van der Waals surface area contributed by atoms with Crippen LogP contribution in [0.3, 0.4) is 0 Å². The molecular formula is C19H21ClF3N5O3. The zero-order chi connectivity index (χ0) is 23.0. The van der Waals surface area contributed by atoms with Gasteiger partial charge in [-0.3, -0.25) is 4.79 Å². The Kier molecular flexibility index (Phi) is 6.17. The predicted octanol–water partition coefficient (Wildman–Crippen LogP) is 3.32. The number of aromatic nitrogens is 3. The Labute approximate surface area is 181 Å². The summed E-state index contributed by atoms with van der Waals surface area (Å²) in [6, 6.07) is 2.44. The van der Waals surface area contributed by atoms with E-state index < -0.39 is 42.2 Å². The second-order valence-corrected chi connectivity index (χ2v) is 8.48. The SMILES string of the molecule is CC(C)(C)OC(=O)N1CCN(c2nc(-c3ccnc(F)c3)[nH]c(=O)c2Cl)CC(F)(F)C1. The van der Waals surface area contributed by atoms with E-state index >= 15 is 0 Å². The van der Waals surface area contributed by atoms with Crippen LogP contribution >= 0.6 is 11.6 Å². The fraction of sp³-hybridized carbons (Fsp3) is 0.474. The topological polar surface area (TPSA) is 91.4 Å². The molecule has 0 spiro atoms. The number of amides is 1. The quantitative estimate of drug-likeness (QED) is 0.693. The van der Waals surface area contributed by atoms with E-state index in [1.165, 1.54) is 12.3 Å². The van der Waals surface area contributed by atoms with Crippen molar-refractivity contribution in [3.05, 3.63) is 39.7 Å². The van der Waals surface area contributed by atoms with Gasteiger partial charge in [0, 0.05) is 30.9 Å². The number of halogens is 4. The van der Waals surface area contributed by atoms with Crippen LogP contribution in [0, 0.1) is 5.95 Å². The molecule has 2 aromatic rings. The lowest BCUT2D eigenvalue weighted by Crippen LogP contribution is -2.44. The van der Waals surface area contributed by atoms with Gasteiger partial charge in [0.2, 0.25) is 5.95 Å². The molecule has 168 valence electrons. The van der Waals surface area contributed by atoms with E-state index in [0.29, 0.717) is 0 Å². The number of hydrogen-bond acceptors (Lipinski definition) is 6. The Morgan fingerprint density at radius 1 is 1.29 bits per heavy atom. The zero-order valence-corrected chi connectivity index (χ0v) is 17.8. The Morgan fingerprint density at radius 3 is 2.65 bits per heavy atom. The first kappa shape index (κ1) is 22.9. The summed E-state index contributed by atoms with van der Waals surface area (Å²) in [5.41, 5.74) is -1.42. The number of anilines is 1. The summed E-state index contributed by atoms with van der Waals surface area (Å²) in [4.78, 5) is 36.6. The maximum atomic E-state index is 14.6. The number of nitrogens with one attached hydrogen (secondary N) is 1. The third-order valence-electron chi connectivity index (χ3n) is 4.28. The molecule has 0 radical (unpaired) electrons. The van der Waals surface area contributed by atoms with Gasteiger partial charge in [0.25, 0.3) is 11.5 Å². The number of nitrogens with zero attached hydrogens (tertiary/aromatic N) is 4. The maximum Gasteiger partial charge on any atom is 0.410 e. The molecule has 0 aliphatic carbocycles. The highest BCUT2D eigenvalue weighted by Gasteiger charge is 2.41. The van der Waals surface area contributed by atoms with Crippen molar-refractivity contribution in [2.24, 2.45) is 0 Å². The molecule has 3 rings (SSSR count). The van der Waals surface area contributed by atoms with Crippen LogP contribution in [0.25, 0.3) is 11.4 Å². The van der Waals surface area contributed by atoms with Crippen LogP contribution in [0.15, 0.2) is 23.1 Å². The second kappa shape index (κ2) is 8.37. The van der Waals surface area contributed by atoms with Gasteiger partial charge < -0.3 is 19.5 Å². The molecule has 1 aliphatic heterocycles. The molecule has 1 aliphatic rings. The molecular weight excluding hydrogens is 439 g/mol. The minimum absolute atomic E-state index is 0.0535. The highest BCUT2D eigenvalue weighted by molar-refractivity contribution is 6.32. The number of alkyl halides is 2. The molecule has 0 saturated carbocycles. The fourth-order valence-electron chi connectivity index (χ4n) is 3.01. The van der Waals surface area contributed by atoms with Crippen molar-refractivity contribution < 1.29 is 22.7 Å². The lowest BCUT2D eigenvalue weighted by molar-refractivity contribution is -0.0285. The summed E-state index contributed by atoms with van der Waals surface area (Å²) < 4.78 is 48.0. The monoisotopic (exact) mass is 459 g/mol. The number of pyridine rings is 1. The van der Waals surface area contributed by atoms with E-state index in [1.807, 2.05) is 0 Å². The first-order valence-corrected chi connectivity index (χ1v) is 9.75. The average Bonchev–Trinajstić information content (AvgIpc) is 2.80. The number of hydrogen-bond donors (Lipinski definition) is 1. The van der Waals surface area contributed by atoms with Gasteiger partial charge in [-0.05, 0) is 26.8 Å². The fourth-order valence-corrected chi connectivity index (χ4v) is 3.22. The summed E-state index contributed by atoms with van der Waals surface area (Å²) in [6.07, 6.45) is 0.310. The highest BCUT2D eigenvalue weighted by atomic mass is 35.5. The van der Waals surface area contributed by atoms with Crippen molar-refractivity contribution in [1.82, 2.24) is 19.9 Å². The van der Waals surface area contributed by atoms with Crippen molar-refractivity contribution in [2.45, 2.75) is 32.3 Å². The Bertz CT molecular complexity index is 1040. The van der Waals surface area contributed by atoms with Crippen LogP contribution in [0.5, 0.6) is 0 Å².